The molecule has 5 nitrogen and oxygen atoms in total. The Morgan fingerprint density at radius 3 is 2.78 bits per heavy atom. The Hall–Kier alpha value is -2.66. The molecule has 1 N–H and O–H groups in total. The van der Waals surface area contributed by atoms with Crippen LogP contribution in [0, 0.1) is 0 Å². The number of nitrogens with zero attached hydrogens (tertiary/aromatic N) is 2. The highest BCUT2D eigenvalue weighted by atomic mass is 16.5. The van der Waals surface area contributed by atoms with Crippen molar-refractivity contribution in [2.45, 2.75) is 31.7 Å². The Morgan fingerprint density at radius 1 is 1.19 bits per heavy atom. The number of aromatic amines is 1. The van der Waals surface area contributed by atoms with Crippen LogP contribution >= 0.6 is 0 Å². The molecule has 0 radical (unpaired) electrons. The van der Waals surface area contributed by atoms with Gasteiger partial charge in [0.1, 0.15) is 5.82 Å². The quantitative estimate of drug-likeness (QED) is 0.737. The highest BCUT2D eigenvalue weighted by Crippen LogP contribution is 2.24. The number of rotatable bonds is 5. The molecule has 2 aromatic carbocycles. The number of amides is 1. The van der Waals surface area contributed by atoms with E-state index in [1.807, 2.05) is 53.4 Å². The van der Waals surface area contributed by atoms with Gasteiger partial charge in [-0.05, 0) is 49.9 Å². The summed E-state index contributed by atoms with van der Waals surface area (Å²) in [5, 5.41) is 0. The number of benzene rings is 2. The number of ether oxygens (including phenoxy) is 1. The number of imidazole rings is 1. The van der Waals surface area contributed by atoms with Crippen molar-refractivity contribution in [3.8, 4) is 11.4 Å². The zero-order chi connectivity index (χ0) is 18.6. The minimum absolute atomic E-state index is 0.118. The molecular formula is C22H25N3O2. The van der Waals surface area contributed by atoms with Gasteiger partial charge in [-0.1, -0.05) is 24.3 Å². The summed E-state index contributed by atoms with van der Waals surface area (Å²) in [7, 11) is 1.71. The van der Waals surface area contributed by atoms with Gasteiger partial charge >= 0.3 is 0 Å². The highest BCUT2D eigenvalue weighted by Gasteiger charge is 2.27. The van der Waals surface area contributed by atoms with E-state index in [0.717, 1.165) is 53.8 Å². The lowest BCUT2D eigenvalue weighted by atomic mass is 9.98. The van der Waals surface area contributed by atoms with Gasteiger partial charge in [0.15, 0.2) is 0 Å². The molecule has 5 heteroatoms. The number of hydrogen-bond acceptors (Lipinski definition) is 3. The minimum Gasteiger partial charge on any atom is -0.385 e. The van der Waals surface area contributed by atoms with Crippen molar-refractivity contribution >= 4 is 16.9 Å². The maximum atomic E-state index is 13.0. The third-order valence-corrected chi connectivity index (χ3v) is 5.34. The topological polar surface area (TPSA) is 58.2 Å². The molecule has 4 rings (SSSR count). The predicted molar refractivity (Wildman–Crippen MR) is 107 cm³/mol. The van der Waals surface area contributed by atoms with Gasteiger partial charge in [0, 0.05) is 37.4 Å². The molecule has 0 spiro atoms. The van der Waals surface area contributed by atoms with Crippen LogP contribution in [0.1, 0.15) is 36.0 Å². The van der Waals surface area contributed by atoms with Crippen LogP contribution in [0.4, 0.5) is 0 Å². The molecule has 1 saturated heterocycles. The van der Waals surface area contributed by atoms with Gasteiger partial charge in [-0.2, -0.15) is 0 Å². The molecular weight excluding hydrogens is 338 g/mol. The summed E-state index contributed by atoms with van der Waals surface area (Å²) >= 11 is 0. The number of methoxy groups -OCH3 is 1. The second-order valence-corrected chi connectivity index (χ2v) is 7.11. The van der Waals surface area contributed by atoms with Gasteiger partial charge in [-0.25, -0.2) is 4.98 Å². The average molecular weight is 363 g/mol. The molecule has 140 valence electrons. The van der Waals surface area contributed by atoms with Gasteiger partial charge in [0.05, 0.1) is 11.0 Å². The molecule has 1 atom stereocenters. The fraction of sp³-hybridized carbons (Fsp3) is 0.364. The monoisotopic (exact) mass is 363 g/mol. The standard InChI is InChI=1S/C22H25N3O2/c1-27-15-13-18-6-4-5-14-25(18)22(26)17-11-9-16(10-12-17)21-23-19-7-2-3-8-20(19)24-21/h2-3,7-12,18H,4-6,13-15H2,1H3,(H,23,24)/t18-/m1/s1. The third-order valence-electron chi connectivity index (χ3n) is 5.34. The summed E-state index contributed by atoms with van der Waals surface area (Å²) < 4.78 is 5.22. The van der Waals surface area contributed by atoms with Crippen molar-refractivity contribution in [3.05, 3.63) is 54.1 Å². The van der Waals surface area contributed by atoms with Crippen molar-refractivity contribution in [2.24, 2.45) is 0 Å². The number of hydrogen-bond donors (Lipinski definition) is 1. The van der Waals surface area contributed by atoms with Crippen LogP contribution in [0.5, 0.6) is 0 Å². The van der Waals surface area contributed by atoms with E-state index in [2.05, 4.69) is 9.97 Å². The fourth-order valence-corrected chi connectivity index (χ4v) is 3.85. The Bertz CT molecular complexity index is 884. The molecule has 1 amide bonds. The summed E-state index contributed by atoms with van der Waals surface area (Å²) in [5.41, 5.74) is 3.68. The number of piperidine rings is 1. The summed E-state index contributed by atoms with van der Waals surface area (Å²) in [5.74, 6) is 0.943. The summed E-state index contributed by atoms with van der Waals surface area (Å²) in [6.45, 7) is 1.53. The maximum absolute atomic E-state index is 13.0. The van der Waals surface area contributed by atoms with E-state index in [1.165, 1.54) is 6.42 Å². The SMILES string of the molecule is COCC[C@H]1CCCCN1C(=O)c1ccc(-c2nc3ccccc3[nH]2)cc1. The molecule has 0 saturated carbocycles. The highest BCUT2D eigenvalue weighted by molar-refractivity contribution is 5.95. The van der Waals surface area contributed by atoms with Crippen LogP contribution < -0.4 is 0 Å². The van der Waals surface area contributed by atoms with Crippen LogP contribution in [-0.4, -0.2) is 47.1 Å². The molecule has 27 heavy (non-hydrogen) atoms. The second-order valence-electron chi connectivity index (χ2n) is 7.11. The van der Waals surface area contributed by atoms with E-state index in [-0.39, 0.29) is 11.9 Å². The first-order chi connectivity index (χ1) is 13.3. The zero-order valence-corrected chi connectivity index (χ0v) is 15.6. The number of aromatic nitrogens is 2. The van der Waals surface area contributed by atoms with E-state index in [9.17, 15) is 4.79 Å². The normalized spacial score (nSPS) is 17.4. The van der Waals surface area contributed by atoms with E-state index in [0.29, 0.717) is 6.61 Å². The molecule has 1 fully saturated rings. The van der Waals surface area contributed by atoms with Crippen molar-refractivity contribution in [2.75, 3.05) is 20.3 Å². The Labute approximate surface area is 159 Å². The summed E-state index contributed by atoms with van der Waals surface area (Å²) in [4.78, 5) is 23.0. The van der Waals surface area contributed by atoms with Gasteiger partial charge < -0.3 is 14.6 Å². The third kappa shape index (κ3) is 3.74. The number of carbonyl (C=O) groups excluding carboxylic acids is 1. The zero-order valence-electron chi connectivity index (χ0n) is 15.6. The van der Waals surface area contributed by atoms with Crippen molar-refractivity contribution in [3.63, 3.8) is 0 Å². The lowest BCUT2D eigenvalue weighted by Crippen LogP contribution is -2.44. The maximum Gasteiger partial charge on any atom is 0.254 e. The Balaban J connectivity index is 1.53. The largest absolute Gasteiger partial charge is 0.385 e. The number of carbonyl (C=O) groups is 1. The van der Waals surface area contributed by atoms with E-state index >= 15 is 0 Å². The van der Waals surface area contributed by atoms with Gasteiger partial charge in [0.25, 0.3) is 5.91 Å². The minimum atomic E-state index is 0.118. The van der Waals surface area contributed by atoms with Crippen LogP contribution in [0.25, 0.3) is 22.4 Å². The molecule has 1 aromatic heterocycles. The van der Waals surface area contributed by atoms with Gasteiger partial charge in [-0.15, -0.1) is 0 Å². The summed E-state index contributed by atoms with van der Waals surface area (Å²) in [6, 6.07) is 16.0. The number of para-hydroxylation sites is 2. The Morgan fingerprint density at radius 2 is 2.00 bits per heavy atom. The summed E-state index contributed by atoms with van der Waals surface area (Å²) in [6.07, 6.45) is 4.22. The first-order valence-corrected chi connectivity index (χ1v) is 9.61. The van der Waals surface area contributed by atoms with Crippen LogP contribution in [0.15, 0.2) is 48.5 Å². The lowest BCUT2D eigenvalue weighted by Gasteiger charge is -2.36. The molecule has 0 unspecified atom stereocenters. The fourth-order valence-electron chi connectivity index (χ4n) is 3.85. The first-order valence-electron chi connectivity index (χ1n) is 9.61. The molecule has 0 aliphatic carbocycles. The second kappa shape index (κ2) is 7.92. The van der Waals surface area contributed by atoms with Gasteiger partial charge in [-0.3, -0.25) is 4.79 Å². The molecule has 1 aliphatic rings. The first kappa shape index (κ1) is 17.7. The van der Waals surface area contributed by atoms with E-state index in [4.69, 9.17) is 4.74 Å². The van der Waals surface area contributed by atoms with Crippen molar-refractivity contribution in [1.29, 1.82) is 0 Å². The predicted octanol–water partition coefficient (Wildman–Crippen LogP) is 4.26. The Kier molecular flexibility index (Phi) is 5.21. The van der Waals surface area contributed by atoms with E-state index in [1.54, 1.807) is 7.11 Å². The van der Waals surface area contributed by atoms with E-state index < -0.39 is 0 Å². The number of H-pyrrole nitrogens is 1. The molecule has 0 bridgehead atoms. The average Bonchev–Trinajstić information content (AvgIpc) is 3.16. The number of fused-ring (bicyclic) bond motifs is 1. The molecule has 3 aromatic rings. The number of likely N-dealkylation sites (tertiary alicyclic amines) is 1. The van der Waals surface area contributed by atoms with Crippen molar-refractivity contribution in [1.82, 2.24) is 14.9 Å². The molecule has 1 aliphatic heterocycles. The molecule has 2 heterocycles. The van der Waals surface area contributed by atoms with Crippen LogP contribution in [-0.2, 0) is 4.74 Å². The smallest absolute Gasteiger partial charge is 0.254 e. The van der Waals surface area contributed by atoms with Crippen molar-refractivity contribution < 1.29 is 9.53 Å². The lowest BCUT2D eigenvalue weighted by molar-refractivity contribution is 0.0553. The number of nitrogens with one attached hydrogen (secondary N) is 1. The van der Waals surface area contributed by atoms with Gasteiger partial charge in [0.2, 0.25) is 0 Å². The van der Waals surface area contributed by atoms with Crippen LogP contribution in [0.3, 0.4) is 0 Å². The van der Waals surface area contributed by atoms with Crippen LogP contribution in [0.2, 0.25) is 0 Å².